The highest BCUT2D eigenvalue weighted by Crippen LogP contribution is 2.26. The fourth-order valence-corrected chi connectivity index (χ4v) is 10.1. The maximum Gasteiger partial charge on any atom is 0.306 e. The third-order valence-electron chi connectivity index (χ3n) is 15.5. The van der Waals surface area contributed by atoms with Gasteiger partial charge in [-0.05, 0) is 103 Å². The van der Waals surface area contributed by atoms with E-state index in [1.807, 2.05) is 6.08 Å². The van der Waals surface area contributed by atoms with Crippen molar-refractivity contribution in [1.29, 1.82) is 0 Å². The molecule has 6 N–H and O–H groups in total. The van der Waals surface area contributed by atoms with Crippen LogP contribution in [0.4, 0.5) is 0 Å². The van der Waals surface area contributed by atoms with E-state index < -0.39 is 67.4 Å². The van der Waals surface area contributed by atoms with Crippen LogP contribution in [0, 0.1) is 0 Å². The lowest BCUT2D eigenvalue weighted by molar-refractivity contribution is -0.305. The number of allylic oxidation sites excluding steroid dienone is 15. The predicted molar refractivity (Wildman–Crippen MR) is 347 cm³/mol. The molecule has 1 aliphatic rings. The van der Waals surface area contributed by atoms with Crippen LogP contribution in [-0.2, 0) is 23.8 Å². The number of carbonyl (C=O) groups excluding carboxylic acids is 2. The van der Waals surface area contributed by atoms with Crippen molar-refractivity contribution in [1.82, 2.24) is 5.32 Å². The van der Waals surface area contributed by atoms with Crippen molar-refractivity contribution >= 4 is 11.9 Å². The zero-order valence-corrected chi connectivity index (χ0v) is 53.0. The molecule has 0 aromatic rings. The first-order chi connectivity index (χ1) is 40.7. The van der Waals surface area contributed by atoms with Gasteiger partial charge in [-0.2, -0.15) is 0 Å². The molecule has 1 amide bonds. The molecular weight excluding hydrogens is 1040 g/mol. The van der Waals surface area contributed by atoms with Gasteiger partial charge in [0, 0.05) is 6.42 Å². The number of hydrogen-bond acceptors (Lipinski definition) is 10. The monoisotopic (exact) mass is 1160 g/mol. The lowest BCUT2D eigenvalue weighted by Crippen LogP contribution is -2.61. The predicted octanol–water partition coefficient (Wildman–Crippen LogP) is 17.1. The highest BCUT2D eigenvalue weighted by molar-refractivity contribution is 5.80. The van der Waals surface area contributed by atoms with E-state index >= 15 is 0 Å². The Hall–Kier alpha value is -3.42. The number of ether oxygens (including phenoxy) is 3. The number of unbranched alkanes of at least 4 members (excludes halogenated alkanes) is 29. The number of carbonyl (C=O) groups is 2. The molecule has 11 heteroatoms. The molecule has 0 bridgehead atoms. The molecule has 1 saturated heterocycles. The summed E-state index contributed by atoms with van der Waals surface area (Å²) in [5.41, 5.74) is 0. The Kier molecular flexibility index (Phi) is 55.1. The molecule has 0 aromatic carbocycles. The van der Waals surface area contributed by atoms with E-state index in [1.165, 1.54) is 135 Å². The summed E-state index contributed by atoms with van der Waals surface area (Å²) < 4.78 is 17.6. The number of hydrogen-bond donors (Lipinski definition) is 6. The first kappa shape index (κ1) is 77.6. The summed E-state index contributed by atoms with van der Waals surface area (Å²) in [7, 11) is 0. The molecular formula is C72H125NO10. The lowest BCUT2D eigenvalue weighted by atomic mass is 9.99. The van der Waals surface area contributed by atoms with Crippen LogP contribution in [0.15, 0.2) is 97.2 Å². The van der Waals surface area contributed by atoms with E-state index in [0.29, 0.717) is 12.8 Å². The normalized spacial score (nSPS) is 19.2. The number of aliphatic hydroxyl groups excluding tert-OH is 5. The highest BCUT2D eigenvalue weighted by Gasteiger charge is 2.47. The summed E-state index contributed by atoms with van der Waals surface area (Å²) in [6.45, 7) is 5.67. The molecule has 83 heavy (non-hydrogen) atoms. The minimum atomic E-state index is -1.63. The molecule has 0 spiro atoms. The molecule has 8 atom stereocenters. The molecule has 478 valence electrons. The van der Waals surface area contributed by atoms with Gasteiger partial charge in [0.05, 0.1) is 25.4 Å². The first-order valence-electron chi connectivity index (χ1n) is 34.0. The SMILES string of the molecule is CC/C=C\C/C=C\C/C=C\C/C=C\C/C=C\C/C=C\CCCCCCC(=O)OC1C(OCC(NC(=O)C(O)CCCCCCCCCCCC/C=C/CCCCCCCC)C(O)/C=C/CCCCCCCCCCC)OC(CO)C(O)C1O. The molecule has 0 aromatic heterocycles. The van der Waals surface area contributed by atoms with Crippen molar-refractivity contribution in [3.05, 3.63) is 97.2 Å². The number of amides is 1. The van der Waals surface area contributed by atoms with Crippen molar-refractivity contribution in [3.63, 3.8) is 0 Å². The molecule has 1 rings (SSSR count). The Morgan fingerprint density at radius 3 is 1.31 bits per heavy atom. The number of nitrogens with one attached hydrogen (secondary N) is 1. The van der Waals surface area contributed by atoms with Gasteiger partial charge in [-0.3, -0.25) is 9.59 Å². The second-order valence-electron chi connectivity index (χ2n) is 23.2. The zero-order valence-electron chi connectivity index (χ0n) is 53.0. The van der Waals surface area contributed by atoms with Crippen LogP contribution in [0.3, 0.4) is 0 Å². The van der Waals surface area contributed by atoms with Crippen LogP contribution in [-0.4, -0.2) is 99.6 Å². The van der Waals surface area contributed by atoms with Gasteiger partial charge < -0.3 is 45.1 Å². The minimum absolute atomic E-state index is 0.0896. The van der Waals surface area contributed by atoms with E-state index in [2.05, 4.69) is 111 Å². The molecule has 1 heterocycles. The minimum Gasteiger partial charge on any atom is -0.454 e. The summed E-state index contributed by atoms with van der Waals surface area (Å²) in [6.07, 6.45) is 68.7. The van der Waals surface area contributed by atoms with Crippen LogP contribution in [0.1, 0.15) is 284 Å². The quantitative estimate of drug-likeness (QED) is 0.0195. The van der Waals surface area contributed by atoms with Crippen molar-refractivity contribution in [2.24, 2.45) is 0 Å². The van der Waals surface area contributed by atoms with Crippen molar-refractivity contribution in [3.8, 4) is 0 Å². The van der Waals surface area contributed by atoms with Gasteiger partial charge in [0.1, 0.15) is 24.4 Å². The second-order valence-corrected chi connectivity index (χ2v) is 23.2. The van der Waals surface area contributed by atoms with E-state index in [9.17, 15) is 35.1 Å². The summed E-state index contributed by atoms with van der Waals surface area (Å²) in [6, 6.07) is -1.03. The molecule has 0 aliphatic carbocycles. The third-order valence-corrected chi connectivity index (χ3v) is 15.5. The summed E-state index contributed by atoms with van der Waals surface area (Å²) in [4.78, 5) is 26.6. The Morgan fingerprint density at radius 2 is 0.867 bits per heavy atom. The van der Waals surface area contributed by atoms with Gasteiger partial charge >= 0.3 is 5.97 Å². The Labute approximate surface area is 507 Å². The maximum absolute atomic E-state index is 13.5. The van der Waals surface area contributed by atoms with Crippen LogP contribution in [0.2, 0.25) is 0 Å². The van der Waals surface area contributed by atoms with Gasteiger partial charge in [-0.25, -0.2) is 0 Å². The summed E-state index contributed by atoms with van der Waals surface area (Å²) >= 11 is 0. The molecule has 11 nitrogen and oxygen atoms in total. The van der Waals surface area contributed by atoms with Crippen molar-refractivity contribution < 1.29 is 49.3 Å². The molecule has 0 saturated carbocycles. The lowest BCUT2D eigenvalue weighted by Gasteiger charge is -2.41. The smallest absolute Gasteiger partial charge is 0.306 e. The fourth-order valence-electron chi connectivity index (χ4n) is 10.1. The summed E-state index contributed by atoms with van der Waals surface area (Å²) in [5, 5.41) is 57.1. The summed E-state index contributed by atoms with van der Waals surface area (Å²) in [5.74, 6) is -1.22. The standard InChI is InChI=1S/C72H125NO10/c1-4-7-10-13-16-19-22-24-26-28-30-32-33-34-36-38-40-42-45-48-51-54-57-60-67(77)83-70-69(79)68(78)66(61-74)82-72(70)81-62-63(64(75)58-55-52-49-46-43-21-18-15-12-9-6-3)73-71(80)65(76)59-56-53-50-47-44-41-39-37-35-31-29-27-25-23-20-17-14-11-8-5-2/h7,10,16,19,24-27,30,32,34,36,40,42,55,58,63-66,68-70,72,74-76,78-79H,4-6,8-9,11-15,17-18,20-23,28-29,31,33,35,37-39,41,43-54,56-57,59-62H2,1-3H3,(H,73,80)/b10-7-,19-16-,26-24-,27-25+,32-30-,36-34-,42-40-,58-55+. The topological polar surface area (TPSA) is 175 Å². The van der Waals surface area contributed by atoms with E-state index in [-0.39, 0.29) is 19.4 Å². The van der Waals surface area contributed by atoms with Gasteiger partial charge in [0.25, 0.3) is 0 Å². The number of aliphatic hydroxyl groups is 5. The van der Waals surface area contributed by atoms with Crippen LogP contribution in [0.5, 0.6) is 0 Å². The van der Waals surface area contributed by atoms with E-state index in [4.69, 9.17) is 14.2 Å². The van der Waals surface area contributed by atoms with Gasteiger partial charge in [-0.1, -0.05) is 272 Å². The fraction of sp³-hybridized carbons (Fsp3) is 0.750. The highest BCUT2D eigenvalue weighted by atomic mass is 16.7. The zero-order chi connectivity index (χ0) is 60.3. The van der Waals surface area contributed by atoms with Gasteiger partial charge in [-0.15, -0.1) is 0 Å². The van der Waals surface area contributed by atoms with Crippen LogP contribution < -0.4 is 5.32 Å². The van der Waals surface area contributed by atoms with E-state index in [0.717, 1.165) is 103 Å². The average molecular weight is 1160 g/mol. The van der Waals surface area contributed by atoms with Gasteiger partial charge in [0.2, 0.25) is 5.91 Å². The Morgan fingerprint density at radius 1 is 0.482 bits per heavy atom. The largest absolute Gasteiger partial charge is 0.454 e. The Balaban J connectivity index is 2.62. The second kappa shape index (κ2) is 58.9. The van der Waals surface area contributed by atoms with Crippen molar-refractivity contribution in [2.45, 2.75) is 333 Å². The Bertz CT molecular complexity index is 1720. The third kappa shape index (κ3) is 46.5. The number of esters is 1. The molecule has 1 aliphatic heterocycles. The van der Waals surface area contributed by atoms with Crippen molar-refractivity contribution in [2.75, 3.05) is 13.2 Å². The van der Waals surface area contributed by atoms with Crippen LogP contribution >= 0.6 is 0 Å². The first-order valence-corrected chi connectivity index (χ1v) is 34.0. The van der Waals surface area contributed by atoms with E-state index in [1.54, 1.807) is 6.08 Å². The van der Waals surface area contributed by atoms with Crippen LogP contribution in [0.25, 0.3) is 0 Å². The van der Waals surface area contributed by atoms with Gasteiger partial charge in [0.15, 0.2) is 12.4 Å². The molecule has 8 unspecified atom stereocenters. The molecule has 1 fully saturated rings. The average Bonchev–Trinajstić information content (AvgIpc) is 3.68. The number of rotatable bonds is 57. The maximum atomic E-state index is 13.5. The molecule has 0 radical (unpaired) electrons.